The average Bonchev–Trinajstić information content (AvgIpc) is 2.82. The molecule has 0 saturated heterocycles. The molecular formula is C16H22N2O2. The maximum Gasteiger partial charge on any atom is 0.251 e. The van der Waals surface area contributed by atoms with Crippen molar-refractivity contribution < 1.29 is 9.90 Å². The van der Waals surface area contributed by atoms with Crippen molar-refractivity contribution in [2.75, 3.05) is 6.54 Å². The van der Waals surface area contributed by atoms with Gasteiger partial charge in [-0.25, -0.2) is 0 Å². The van der Waals surface area contributed by atoms with Crippen LogP contribution in [0.15, 0.2) is 30.5 Å². The molecule has 0 aliphatic carbocycles. The number of aliphatic hydroxyl groups excluding tert-OH is 1. The zero-order valence-electron chi connectivity index (χ0n) is 12.2. The van der Waals surface area contributed by atoms with Crippen LogP contribution in [0, 0.1) is 5.41 Å². The lowest BCUT2D eigenvalue weighted by molar-refractivity contribution is 0.0903. The highest BCUT2D eigenvalue weighted by Gasteiger charge is 2.21. The Morgan fingerprint density at radius 3 is 2.85 bits per heavy atom. The van der Waals surface area contributed by atoms with Crippen LogP contribution in [-0.2, 0) is 0 Å². The molecule has 1 amide bonds. The smallest absolute Gasteiger partial charge is 0.251 e. The molecule has 0 saturated carbocycles. The van der Waals surface area contributed by atoms with Crippen LogP contribution in [0.5, 0.6) is 0 Å². The van der Waals surface area contributed by atoms with Gasteiger partial charge in [0.25, 0.3) is 5.91 Å². The predicted octanol–water partition coefficient (Wildman–Crippen LogP) is 2.69. The molecule has 108 valence electrons. The number of carbonyl (C=O) groups excluding carboxylic acids is 1. The molecular weight excluding hydrogens is 252 g/mol. The van der Waals surface area contributed by atoms with Crippen LogP contribution in [0.4, 0.5) is 0 Å². The molecule has 1 aromatic heterocycles. The van der Waals surface area contributed by atoms with E-state index in [1.807, 2.05) is 44.3 Å². The maximum absolute atomic E-state index is 12.3. The second-order valence-electron chi connectivity index (χ2n) is 6.14. The lowest BCUT2D eigenvalue weighted by Gasteiger charge is -2.26. The van der Waals surface area contributed by atoms with Crippen molar-refractivity contribution in [2.45, 2.75) is 33.3 Å². The molecule has 1 heterocycles. The lowest BCUT2D eigenvalue weighted by atomic mass is 9.87. The van der Waals surface area contributed by atoms with E-state index in [9.17, 15) is 9.90 Å². The van der Waals surface area contributed by atoms with Crippen molar-refractivity contribution in [1.82, 2.24) is 10.3 Å². The summed E-state index contributed by atoms with van der Waals surface area (Å²) in [6, 6.07) is 7.55. The second kappa shape index (κ2) is 5.67. The third kappa shape index (κ3) is 3.39. The van der Waals surface area contributed by atoms with E-state index < -0.39 is 0 Å². The van der Waals surface area contributed by atoms with Crippen molar-refractivity contribution in [3.05, 3.63) is 36.0 Å². The summed E-state index contributed by atoms with van der Waals surface area (Å²) in [6.45, 7) is 6.38. The Labute approximate surface area is 119 Å². The van der Waals surface area contributed by atoms with Crippen LogP contribution in [0.2, 0.25) is 0 Å². The van der Waals surface area contributed by atoms with Gasteiger partial charge in [0.2, 0.25) is 0 Å². The molecule has 2 rings (SSSR count). The molecule has 0 fully saturated rings. The number of amides is 1. The number of aliphatic hydroxyl groups is 1. The summed E-state index contributed by atoms with van der Waals surface area (Å²) in [5, 5.41) is 13.4. The number of aromatic nitrogens is 1. The fourth-order valence-electron chi connectivity index (χ4n) is 2.57. The molecule has 20 heavy (non-hydrogen) atoms. The first-order valence-corrected chi connectivity index (χ1v) is 6.91. The van der Waals surface area contributed by atoms with Crippen LogP contribution in [0.25, 0.3) is 10.9 Å². The number of rotatable bonds is 5. The van der Waals surface area contributed by atoms with Gasteiger partial charge >= 0.3 is 0 Å². The third-order valence-corrected chi connectivity index (χ3v) is 3.42. The number of H-pyrrole nitrogens is 1. The largest absolute Gasteiger partial charge is 0.393 e. The lowest BCUT2D eigenvalue weighted by Crippen LogP contribution is -2.35. The normalized spacial score (nSPS) is 13.4. The standard InChI is InChI=1S/C16H22N2O2/c1-11(19)9-16(2,3)10-18-15(20)13-5-4-6-14-12(13)7-8-17-14/h4-8,11,17,19H,9-10H2,1-3H3,(H,18,20). The van der Waals surface area contributed by atoms with Crippen molar-refractivity contribution in [3.8, 4) is 0 Å². The Hall–Kier alpha value is -1.81. The molecule has 4 nitrogen and oxygen atoms in total. The van der Waals surface area contributed by atoms with E-state index in [4.69, 9.17) is 0 Å². The van der Waals surface area contributed by atoms with Gasteiger partial charge < -0.3 is 15.4 Å². The van der Waals surface area contributed by atoms with Gasteiger partial charge in [0, 0.05) is 29.2 Å². The first kappa shape index (κ1) is 14.6. The highest BCUT2D eigenvalue weighted by Crippen LogP contribution is 2.22. The first-order chi connectivity index (χ1) is 9.39. The molecule has 0 spiro atoms. The van der Waals surface area contributed by atoms with E-state index in [-0.39, 0.29) is 17.4 Å². The van der Waals surface area contributed by atoms with Gasteiger partial charge in [-0.15, -0.1) is 0 Å². The molecule has 4 heteroatoms. The number of aromatic amines is 1. The van der Waals surface area contributed by atoms with Crippen LogP contribution in [0.3, 0.4) is 0 Å². The van der Waals surface area contributed by atoms with Crippen molar-refractivity contribution in [2.24, 2.45) is 5.41 Å². The van der Waals surface area contributed by atoms with Crippen LogP contribution >= 0.6 is 0 Å². The van der Waals surface area contributed by atoms with E-state index in [0.717, 1.165) is 10.9 Å². The molecule has 0 bridgehead atoms. The highest BCUT2D eigenvalue weighted by atomic mass is 16.3. The summed E-state index contributed by atoms with van der Waals surface area (Å²) in [5.74, 6) is -0.0751. The zero-order valence-corrected chi connectivity index (χ0v) is 12.2. The number of carbonyl (C=O) groups is 1. The Kier molecular flexibility index (Phi) is 4.14. The highest BCUT2D eigenvalue weighted by molar-refractivity contribution is 6.06. The summed E-state index contributed by atoms with van der Waals surface area (Å²) in [6.07, 6.45) is 2.12. The molecule has 1 unspecified atom stereocenters. The average molecular weight is 274 g/mol. The van der Waals surface area contributed by atoms with Crippen LogP contribution < -0.4 is 5.32 Å². The van der Waals surface area contributed by atoms with Gasteiger partial charge in [0.05, 0.1) is 6.10 Å². The topological polar surface area (TPSA) is 65.1 Å². The molecule has 1 aromatic carbocycles. The van der Waals surface area contributed by atoms with E-state index in [1.54, 1.807) is 6.92 Å². The number of hydrogen-bond donors (Lipinski definition) is 3. The van der Waals surface area contributed by atoms with Crippen molar-refractivity contribution >= 4 is 16.8 Å². The minimum absolute atomic E-state index is 0.0751. The molecule has 0 aliphatic heterocycles. The number of benzene rings is 1. The minimum atomic E-state index is -0.366. The quantitative estimate of drug-likeness (QED) is 0.785. The number of hydrogen-bond acceptors (Lipinski definition) is 2. The van der Waals surface area contributed by atoms with Gasteiger partial charge in [0.15, 0.2) is 0 Å². The summed E-state index contributed by atoms with van der Waals surface area (Å²) in [5.41, 5.74) is 1.51. The Balaban J connectivity index is 2.07. The van der Waals surface area contributed by atoms with Gasteiger partial charge in [-0.05, 0) is 37.0 Å². The molecule has 0 radical (unpaired) electrons. The fourth-order valence-corrected chi connectivity index (χ4v) is 2.57. The Morgan fingerprint density at radius 1 is 1.40 bits per heavy atom. The molecule has 2 aromatic rings. The predicted molar refractivity (Wildman–Crippen MR) is 80.7 cm³/mol. The van der Waals surface area contributed by atoms with E-state index >= 15 is 0 Å². The summed E-state index contributed by atoms with van der Waals surface area (Å²) < 4.78 is 0. The van der Waals surface area contributed by atoms with Gasteiger partial charge in [-0.1, -0.05) is 19.9 Å². The van der Waals surface area contributed by atoms with Gasteiger partial charge in [0.1, 0.15) is 0 Å². The Bertz CT molecular complexity index is 599. The van der Waals surface area contributed by atoms with Crippen LogP contribution in [-0.4, -0.2) is 28.6 Å². The molecule has 1 atom stereocenters. The Morgan fingerprint density at radius 2 is 2.15 bits per heavy atom. The number of fused-ring (bicyclic) bond motifs is 1. The van der Waals surface area contributed by atoms with E-state index in [2.05, 4.69) is 10.3 Å². The first-order valence-electron chi connectivity index (χ1n) is 6.91. The van der Waals surface area contributed by atoms with Crippen molar-refractivity contribution in [3.63, 3.8) is 0 Å². The zero-order chi connectivity index (χ0) is 14.8. The summed E-state index contributed by atoms with van der Waals surface area (Å²) in [4.78, 5) is 15.4. The second-order valence-corrected chi connectivity index (χ2v) is 6.14. The molecule has 0 aliphatic rings. The third-order valence-electron chi connectivity index (χ3n) is 3.42. The van der Waals surface area contributed by atoms with Crippen molar-refractivity contribution in [1.29, 1.82) is 0 Å². The van der Waals surface area contributed by atoms with Gasteiger partial charge in [-0.2, -0.15) is 0 Å². The number of nitrogens with one attached hydrogen (secondary N) is 2. The maximum atomic E-state index is 12.3. The fraction of sp³-hybridized carbons (Fsp3) is 0.438. The van der Waals surface area contributed by atoms with Gasteiger partial charge in [-0.3, -0.25) is 4.79 Å². The van der Waals surface area contributed by atoms with E-state index in [1.165, 1.54) is 0 Å². The monoisotopic (exact) mass is 274 g/mol. The summed E-state index contributed by atoms with van der Waals surface area (Å²) in [7, 11) is 0. The minimum Gasteiger partial charge on any atom is -0.393 e. The summed E-state index contributed by atoms with van der Waals surface area (Å²) >= 11 is 0. The van der Waals surface area contributed by atoms with E-state index in [0.29, 0.717) is 18.5 Å². The molecule has 3 N–H and O–H groups in total. The SMILES string of the molecule is CC(O)CC(C)(C)CNC(=O)c1cccc2[nH]ccc12. The van der Waals surface area contributed by atoms with Crippen LogP contribution in [0.1, 0.15) is 37.6 Å².